The third-order valence-electron chi connectivity index (χ3n) is 5.42. The van der Waals surface area contributed by atoms with Gasteiger partial charge in [0.2, 0.25) is 11.8 Å². The van der Waals surface area contributed by atoms with Crippen LogP contribution in [0.15, 0.2) is 42.5 Å². The molecule has 0 bridgehead atoms. The van der Waals surface area contributed by atoms with Crippen LogP contribution < -0.4 is 16.0 Å². The van der Waals surface area contributed by atoms with E-state index in [0.29, 0.717) is 16.3 Å². The number of carbonyl (C=O) groups is 2. The molecule has 2 aromatic rings. The maximum absolute atomic E-state index is 12.8. The van der Waals surface area contributed by atoms with Crippen LogP contribution in [0.3, 0.4) is 0 Å². The highest BCUT2D eigenvalue weighted by Crippen LogP contribution is 2.50. The Hall–Kier alpha value is -2.53. The van der Waals surface area contributed by atoms with E-state index in [0.717, 1.165) is 43.6 Å². The number of halogens is 1. The maximum Gasteiger partial charge on any atom is 0.248 e. The first-order valence-electron chi connectivity index (χ1n) is 9.28. The van der Waals surface area contributed by atoms with Crippen molar-refractivity contribution in [2.75, 3.05) is 23.3 Å². The number of primary amides is 1. The zero-order valence-electron chi connectivity index (χ0n) is 15.0. The van der Waals surface area contributed by atoms with Crippen molar-refractivity contribution in [2.45, 2.75) is 25.2 Å². The quantitative estimate of drug-likeness (QED) is 0.824. The summed E-state index contributed by atoms with van der Waals surface area (Å²) >= 11 is 6.27. The molecule has 2 aliphatic rings. The predicted molar refractivity (Wildman–Crippen MR) is 107 cm³/mol. The Morgan fingerprint density at radius 1 is 1.11 bits per heavy atom. The SMILES string of the molecule is NC(=O)c1ccc(N2CCCC2)c(NC(=O)[C@@H]2C[C@@H]2c2ccccc2Cl)c1. The molecule has 0 spiro atoms. The summed E-state index contributed by atoms with van der Waals surface area (Å²) < 4.78 is 0. The topological polar surface area (TPSA) is 75.4 Å². The number of nitrogens with zero attached hydrogens (tertiary/aromatic N) is 1. The first-order valence-corrected chi connectivity index (χ1v) is 9.66. The number of rotatable bonds is 5. The number of amides is 2. The summed E-state index contributed by atoms with van der Waals surface area (Å²) in [7, 11) is 0. The number of hydrogen-bond acceptors (Lipinski definition) is 3. The molecule has 1 aliphatic carbocycles. The molecule has 2 atom stereocenters. The van der Waals surface area contributed by atoms with Gasteiger partial charge in [-0.25, -0.2) is 0 Å². The van der Waals surface area contributed by atoms with E-state index in [4.69, 9.17) is 17.3 Å². The molecule has 1 saturated heterocycles. The number of benzene rings is 2. The highest BCUT2D eigenvalue weighted by molar-refractivity contribution is 6.31. The number of hydrogen-bond donors (Lipinski definition) is 2. The monoisotopic (exact) mass is 383 g/mol. The lowest BCUT2D eigenvalue weighted by Gasteiger charge is -2.22. The zero-order valence-corrected chi connectivity index (χ0v) is 15.7. The second-order valence-electron chi connectivity index (χ2n) is 7.25. The van der Waals surface area contributed by atoms with Crippen molar-refractivity contribution in [2.24, 2.45) is 11.7 Å². The van der Waals surface area contributed by atoms with Crippen molar-refractivity contribution in [3.8, 4) is 0 Å². The summed E-state index contributed by atoms with van der Waals surface area (Å²) in [5.41, 5.74) is 8.44. The Labute approximate surface area is 163 Å². The fourth-order valence-corrected chi connectivity index (χ4v) is 4.13. The molecule has 0 aromatic heterocycles. The van der Waals surface area contributed by atoms with Crippen LogP contribution in [0.1, 0.15) is 41.1 Å². The van der Waals surface area contributed by atoms with Crippen molar-refractivity contribution < 1.29 is 9.59 Å². The Bertz CT molecular complexity index is 893. The third-order valence-corrected chi connectivity index (χ3v) is 5.76. The van der Waals surface area contributed by atoms with E-state index in [1.807, 2.05) is 30.3 Å². The molecule has 0 unspecified atom stereocenters. The summed E-state index contributed by atoms with van der Waals surface area (Å²) in [4.78, 5) is 26.6. The molecule has 2 amide bonds. The fraction of sp³-hybridized carbons (Fsp3) is 0.333. The van der Waals surface area contributed by atoms with Gasteiger partial charge in [-0.1, -0.05) is 29.8 Å². The Morgan fingerprint density at radius 2 is 1.85 bits per heavy atom. The zero-order chi connectivity index (χ0) is 19.0. The molecule has 1 saturated carbocycles. The largest absolute Gasteiger partial charge is 0.370 e. The van der Waals surface area contributed by atoms with Crippen LogP contribution in [0.25, 0.3) is 0 Å². The van der Waals surface area contributed by atoms with Crippen molar-refractivity contribution in [3.05, 3.63) is 58.6 Å². The molecule has 27 heavy (non-hydrogen) atoms. The van der Waals surface area contributed by atoms with Crippen LogP contribution in [0.5, 0.6) is 0 Å². The normalized spacial score (nSPS) is 21.1. The number of anilines is 2. The third kappa shape index (κ3) is 3.65. The minimum atomic E-state index is -0.501. The summed E-state index contributed by atoms with van der Waals surface area (Å²) in [5.74, 6) is -0.498. The van der Waals surface area contributed by atoms with Gasteiger partial charge in [-0.3, -0.25) is 9.59 Å². The molecule has 1 aliphatic heterocycles. The van der Waals surface area contributed by atoms with E-state index >= 15 is 0 Å². The van der Waals surface area contributed by atoms with Crippen LogP contribution in [-0.2, 0) is 4.79 Å². The Balaban J connectivity index is 1.54. The molecule has 2 fully saturated rings. The van der Waals surface area contributed by atoms with Gasteiger partial charge in [-0.15, -0.1) is 0 Å². The number of nitrogens with two attached hydrogens (primary N) is 1. The van der Waals surface area contributed by atoms with Gasteiger partial charge in [-0.05, 0) is 55.0 Å². The smallest absolute Gasteiger partial charge is 0.248 e. The second-order valence-corrected chi connectivity index (χ2v) is 7.66. The van der Waals surface area contributed by atoms with E-state index in [2.05, 4.69) is 10.2 Å². The number of nitrogens with one attached hydrogen (secondary N) is 1. The number of carbonyl (C=O) groups excluding carboxylic acids is 2. The summed E-state index contributed by atoms with van der Waals surface area (Å²) in [6, 6.07) is 12.9. The van der Waals surface area contributed by atoms with Crippen LogP contribution in [0, 0.1) is 5.92 Å². The van der Waals surface area contributed by atoms with Gasteiger partial charge in [0.1, 0.15) is 0 Å². The van der Waals surface area contributed by atoms with E-state index < -0.39 is 5.91 Å². The molecule has 5 nitrogen and oxygen atoms in total. The molecule has 140 valence electrons. The Kier molecular flexibility index (Phi) is 4.79. The standard InChI is InChI=1S/C21H22ClN3O2/c22-17-6-2-1-5-14(17)15-12-16(15)21(27)24-18-11-13(20(23)26)7-8-19(18)25-9-3-4-10-25/h1-2,5-8,11,15-16H,3-4,9-10,12H2,(H2,23,26)(H,24,27)/t15-,16-/m1/s1. The maximum atomic E-state index is 12.8. The predicted octanol–water partition coefficient (Wildman–Crippen LogP) is 3.78. The lowest BCUT2D eigenvalue weighted by molar-refractivity contribution is -0.117. The lowest BCUT2D eigenvalue weighted by Crippen LogP contribution is -2.23. The molecule has 6 heteroatoms. The average molecular weight is 384 g/mol. The molecular formula is C21H22ClN3O2. The van der Waals surface area contributed by atoms with Gasteiger partial charge in [0, 0.05) is 29.6 Å². The highest BCUT2D eigenvalue weighted by atomic mass is 35.5. The first-order chi connectivity index (χ1) is 13.0. The van der Waals surface area contributed by atoms with Gasteiger partial charge in [0.05, 0.1) is 11.4 Å². The Morgan fingerprint density at radius 3 is 2.56 bits per heavy atom. The molecule has 2 aromatic carbocycles. The summed E-state index contributed by atoms with van der Waals surface area (Å²) in [6.07, 6.45) is 3.04. The van der Waals surface area contributed by atoms with Crippen LogP contribution in [-0.4, -0.2) is 24.9 Å². The van der Waals surface area contributed by atoms with Crippen LogP contribution in [0.2, 0.25) is 5.02 Å². The van der Waals surface area contributed by atoms with E-state index in [1.54, 1.807) is 12.1 Å². The highest BCUT2D eigenvalue weighted by Gasteiger charge is 2.45. The van der Waals surface area contributed by atoms with Gasteiger partial charge in [0.25, 0.3) is 0 Å². The van der Waals surface area contributed by atoms with Gasteiger partial charge >= 0.3 is 0 Å². The molecular weight excluding hydrogens is 362 g/mol. The second kappa shape index (κ2) is 7.24. The fourth-order valence-electron chi connectivity index (χ4n) is 3.85. The van der Waals surface area contributed by atoms with Crippen molar-refractivity contribution in [3.63, 3.8) is 0 Å². The van der Waals surface area contributed by atoms with Crippen molar-refractivity contribution in [1.29, 1.82) is 0 Å². The average Bonchev–Trinajstić information content (AvgIpc) is 3.26. The minimum absolute atomic E-state index is 0.0398. The van der Waals surface area contributed by atoms with Crippen molar-refractivity contribution >= 4 is 34.8 Å². The minimum Gasteiger partial charge on any atom is -0.370 e. The van der Waals surface area contributed by atoms with E-state index in [1.165, 1.54) is 0 Å². The molecule has 1 heterocycles. The van der Waals surface area contributed by atoms with Crippen LogP contribution in [0.4, 0.5) is 11.4 Å². The summed E-state index contributed by atoms with van der Waals surface area (Å²) in [6.45, 7) is 1.90. The van der Waals surface area contributed by atoms with Gasteiger partial charge < -0.3 is 16.0 Å². The molecule has 4 rings (SSSR count). The lowest BCUT2D eigenvalue weighted by atomic mass is 10.1. The van der Waals surface area contributed by atoms with Crippen LogP contribution >= 0.6 is 11.6 Å². The summed E-state index contributed by atoms with van der Waals surface area (Å²) in [5, 5.41) is 3.73. The van der Waals surface area contributed by atoms with E-state index in [-0.39, 0.29) is 17.7 Å². The molecule has 0 radical (unpaired) electrons. The molecule has 3 N–H and O–H groups in total. The van der Waals surface area contributed by atoms with Gasteiger partial charge in [0.15, 0.2) is 0 Å². The van der Waals surface area contributed by atoms with Gasteiger partial charge in [-0.2, -0.15) is 0 Å². The first kappa shape index (κ1) is 17.9. The van der Waals surface area contributed by atoms with Crippen molar-refractivity contribution in [1.82, 2.24) is 0 Å². The van der Waals surface area contributed by atoms with E-state index in [9.17, 15) is 9.59 Å².